The zero-order chi connectivity index (χ0) is 20.3. The summed E-state index contributed by atoms with van der Waals surface area (Å²) in [5.74, 6) is -1.37. The first-order valence-corrected chi connectivity index (χ1v) is 8.91. The second-order valence-electron chi connectivity index (χ2n) is 6.90. The van der Waals surface area contributed by atoms with Crippen LogP contribution in [0.25, 0.3) is 0 Å². The normalized spacial score (nSPS) is 17.5. The van der Waals surface area contributed by atoms with E-state index in [2.05, 4.69) is 10.2 Å². The van der Waals surface area contributed by atoms with Crippen molar-refractivity contribution >= 4 is 11.7 Å². The van der Waals surface area contributed by atoms with Gasteiger partial charge in [0, 0.05) is 38.4 Å². The molecule has 3 rings (SSSR count). The number of nitrogens with one attached hydrogen (secondary N) is 1. The predicted octanol–water partition coefficient (Wildman–Crippen LogP) is 4.58. The van der Waals surface area contributed by atoms with Crippen LogP contribution in [0.5, 0.6) is 0 Å². The lowest BCUT2D eigenvalue weighted by Crippen LogP contribution is -2.41. The van der Waals surface area contributed by atoms with E-state index < -0.39 is 23.6 Å². The summed E-state index contributed by atoms with van der Waals surface area (Å²) in [5.41, 5.74) is -0.311. The molecular formula is C20H21F4N3O. The minimum atomic E-state index is -4.82. The highest BCUT2D eigenvalue weighted by atomic mass is 19.4. The van der Waals surface area contributed by atoms with Crippen molar-refractivity contribution in [2.75, 3.05) is 25.5 Å². The van der Waals surface area contributed by atoms with Crippen molar-refractivity contribution in [3.05, 3.63) is 65.5 Å². The van der Waals surface area contributed by atoms with Crippen LogP contribution in [0.15, 0.2) is 48.5 Å². The number of alkyl halides is 3. The molecule has 8 heteroatoms. The second kappa shape index (κ2) is 8.18. The van der Waals surface area contributed by atoms with Gasteiger partial charge < -0.3 is 10.2 Å². The molecule has 2 aromatic carbocycles. The van der Waals surface area contributed by atoms with E-state index in [9.17, 15) is 22.4 Å². The maximum absolute atomic E-state index is 13.4. The van der Waals surface area contributed by atoms with Crippen LogP contribution in [-0.2, 0) is 12.7 Å². The largest absolute Gasteiger partial charge is 0.419 e. The Labute approximate surface area is 160 Å². The molecule has 1 aliphatic rings. The molecule has 1 saturated heterocycles. The molecule has 0 aliphatic carbocycles. The van der Waals surface area contributed by atoms with Crippen molar-refractivity contribution in [3.63, 3.8) is 0 Å². The first-order chi connectivity index (χ1) is 13.2. The first kappa shape index (κ1) is 20.1. The smallest absolute Gasteiger partial charge is 0.323 e. The standard InChI is InChI=1S/C20H21F4N3O/c1-26(16-9-10-27(13-16)12-14-5-3-2-4-6-14)19(28)25-15-7-8-18(21)17(11-15)20(22,23)24/h2-8,11,16H,9-10,12-13H2,1H3,(H,25,28)/t16-/m0/s1. The quantitative estimate of drug-likeness (QED) is 0.769. The number of hydrogen-bond acceptors (Lipinski definition) is 2. The van der Waals surface area contributed by atoms with Crippen LogP contribution < -0.4 is 5.32 Å². The van der Waals surface area contributed by atoms with E-state index in [0.717, 1.165) is 25.6 Å². The SMILES string of the molecule is CN(C(=O)Nc1ccc(F)c(C(F)(F)F)c1)[C@H]1CCN(Cc2ccccc2)C1. The Morgan fingerprint density at radius 2 is 1.93 bits per heavy atom. The number of likely N-dealkylation sites (N-methyl/N-ethyl adjacent to an activating group) is 1. The van der Waals surface area contributed by atoms with Gasteiger partial charge in [-0.3, -0.25) is 4.90 Å². The number of carbonyl (C=O) groups is 1. The Hall–Kier alpha value is -2.61. The molecule has 1 fully saturated rings. The van der Waals surface area contributed by atoms with Crippen molar-refractivity contribution in [1.82, 2.24) is 9.80 Å². The fourth-order valence-electron chi connectivity index (χ4n) is 3.31. The molecule has 1 atom stereocenters. The van der Waals surface area contributed by atoms with Crippen LogP contribution in [0, 0.1) is 5.82 Å². The Morgan fingerprint density at radius 3 is 2.61 bits per heavy atom. The number of benzene rings is 2. The third kappa shape index (κ3) is 4.81. The average molecular weight is 395 g/mol. The summed E-state index contributed by atoms with van der Waals surface area (Å²) in [6, 6.07) is 11.8. The number of likely N-dealkylation sites (tertiary alicyclic amines) is 1. The zero-order valence-corrected chi connectivity index (χ0v) is 15.3. The highest BCUT2D eigenvalue weighted by Gasteiger charge is 2.34. The molecule has 1 aliphatic heterocycles. The average Bonchev–Trinajstić information content (AvgIpc) is 3.11. The van der Waals surface area contributed by atoms with E-state index in [1.807, 2.05) is 30.3 Å². The summed E-state index contributed by atoms with van der Waals surface area (Å²) in [7, 11) is 1.61. The molecule has 28 heavy (non-hydrogen) atoms. The van der Waals surface area contributed by atoms with Crippen molar-refractivity contribution < 1.29 is 22.4 Å². The summed E-state index contributed by atoms with van der Waals surface area (Å²) in [6.07, 6.45) is -4.05. The van der Waals surface area contributed by atoms with Gasteiger partial charge in [-0.05, 0) is 30.2 Å². The van der Waals surface area contributed by atoms with Gasteiger partial charge in [0.25, 0.3) is 0 Å². The molecule has 0 saturated carbocycles. The number of carbonyl (C=O) groups excluding carboxylic acids is 1. The lowest BCUT2D eigenvalue weighted by atomic mass is 10.2. The third-order valence-electron chi connectivity index (χ3n) is 4.89. The molecule has 2 aromatic rings. The van der Waals surface area contributed by atoms with Gasteiger partial charge in [0.1, 0.15) is 5.82 Å². The Balaban J connectivity index is 1.59. The van der Waals surface area contributed by atoms with Crippen LogP contribution in [0.1, 0.15) is 17.5 Å². The summed E-state index contributed by atoms with van der Waals surface area (Å²) >= 11 is 0. The molecule has 0 radical (unpaired) electrons. The third-order valence-corrected chi connectivity index (χ3v) is 4.89. The van der Waals surface area contributed by atoms with Gasteiger partial charge in [0.15, 0.2) is 0 Å². The maximum Gasteiger partial charge on any atom is 0.419 e. The van der Waals surface area contributed by atoms with Crippen molar-refractivity contribution in [2.45, 2.75) is 25.2 Å². The predicted molar refractivity (Wildman–Crippen MR) is 98.3 cm³/mol. The number of hydrogen-bond donors (Lipinski definition) is 1. The van der Waals surface area contributed by atoms with E-state index >= 15 is 0 Å². The lowest BCUT2D eigenvalue weighted by molar-refractivity contribution is -0.139. The number of halogens is 4. The van der Waals surface area contributed by atoms with Gasteiger partial charge in [0.05, 0.1) is 5.56 Å². The van der Waals surface area contributed by atoms with Crippen molar-refractivity contribution in [1.29, 1.82) is 0 Å². The molecule has 4 nitrogen and oxygen atoms in total. The molecule has 0 bridgehead atoms. The molecule has 2 amide bonds. The minimum Gasteiger partial charge on any atom is -0.323 e. The van der Waals surface area contributed by atoms with Crippen LogP contribution in [0.4, 0.5) is 28.0 Å². The summed E-state index contributed by atoms with van der Waals surface area (Å²) < 4.78 is 51.9. The van der Waals surface area contributed by atoms with Crippen LogP contribution in [-0.4, -0.2) is 42.0 Å². The van der Waals surface area contributed by atoms with E-state index in [-0.39, 0.29) is 11.7 Å². The van der Waals surface area contributed by atoms with Gasteiger partial charge >= 0.3 is 12.2 Å². The van der Waals surface area contributed by atoms with E-state index in [1.165, 1.54) is 10.5 Å². The fraction of sp³-hybridized carbons (Fsp3) is 0.350. The van der Waals surface area contributed by atoms with Crippen LogP contribution in [0.2, 0.25) is 0 Å². The van der Waals surface area contributed by atoms with Crippen LogP contribution in [0.3, 0.4) is 0 Å². The molecule has 1 heterocycles. The Kier molecular flexibility index (Phi) is 5.88. The number of urea groups is 1. The van der Waals surface area contributed by atoms with E-state index in [0.29, 0.717) is 18.7 Å². The maximum atomic E-state index is 13.4. The second-order valence-corrected chi connectivity index (χ2v) is 6.90. The summed E-state index contributed by atoms with van der Waals surface area (Å²) in [6.45, 7) is 2.28. The number of amides is 2. The highest BCUT2D eigenvalue weighted by Crippen LogP contribution is 2.33. The van der Waals surface area contributed by atoms with Gasteiger partial charge in [-0.25, -0.2) is 9.18 Å². The minimum absolute atomic E-state index is 0.0498. The topological polar surface area (TPSA) is 35.6 Å². The fourth-order valence-corrected chi connectivity index (χ4v) is 3.31. The van der Waals surface area contributed by atoms with Crippen molar-refractivity contribution in [3.8, 4) is 0 Å². The first-order valence-electron chi connectivity index (χ1n) is 8.91. The Morgan fingerprint density at radius 1 is 1.21 bits per heavy atom. The highest BCUT2D eigenvalue weighted by molar-refractivity contribution is 5.89. The monoisotopic (exact) mass is 395 g/mol. The molecule has 0 unspecified atom stereocenters. The number of anilines is 1. The molecular weight excluding hydrogens is 374 g/mol. The molecule has 0 spiro atoms. The summed E-state index contributed by atoms with van der Waals surface area (Å²) in [5, 5.41) is 2.42. The molecule has 0 aromatic heterocycles. The van der Waals surface area contributed by atoms with Gasteiger partial charge in [0.2, 0.25) is 0 Å². The number of rotatable bonds is 4. The van der Waals surface area contributed by atoms with Crippen molar-refractivity contribution in [2.24, 2.45) is 0 Å². The number of nitrogens with zero attached hydrogens (tertiary/aromatic N) is 2. The Bertz CT molecular complexity index is 826. The molecule has 150 valence electrons. The van der Waals surface area contributed by atoms with Gasteiger partial charge in [-0.2, -0.15) is 13.2 Å². The van der Waals surface area contributed by atoms with Gasteiger partial charge in [-0.1, -0.05) is 30.3 Å². The lowest BCUT2D eigenvalue weighted by Gasteiger charge is -2.25. The van der Waals surface area contributed by atoms with E-state index in [1.54, 1.807) is 7.05 Å². The zero-order valence-electron chi connectivity index (χ0n) is 15.3. The summed E-state index contributed by atoms with van der Waals surface area (Å²) in [4.78, 5) is 16.1. The van der Waals surface area contributed by atoms with E-state index in [4.69, 9.17) is 0 Å². The van der Waals surface area contributed by atoms with Crippen LogP contribution >= 0.6 is 0 Å². The molecule has 1 N–H and O–H groups in total. The van der Waals surface area contributed by atoms with Gasteiger partial charge in [-0.15, -0.1) is 0 Å².